The number of hydrogen-bond acceptors (Lipinski definition) is 21. The maximum Gasteiger partial charge on any atom is 0.386 e. The molecule has 2 fully saturated rings. The van der Waals surface area contributed by atoms with Crippen LogP contribution in [-0.2, 0) is 43.9 Å². The lowest BCUT2D eigenvalue weighted by Gasteiger charge is -2.22. The molecule has 10 N–H and O–H groups in total. The number of nitrogens with zero attached hydrogens (tertiary/aromatic N) is 8. The molecule has 27 heteroatoms. The topological polar surface area (TPSA) is 333 Å². The molecule has 280 valence electrons. The molecule has 2 unspecified atom stereocenters. The summed E-state index contributed by atoms with van der Waals surface area (Å²) < 4.78 is 47.7. The van der Waals surface area contributed by atoms with Gasteiger partial charge in [0.2, 0.25) is 0 Å². The van der Waals surface area contributed by atoms with Crippen molar-refractivity contribution in [2.75, 3.05) is 37.9 Å². The molecule has 6 heterocycles. The van der Waals surface area contributed by atoms with E-state index in [1.807, 2.05) is 0 Å². The van der Waals surface area contributed by atoms with Gasteiger partial charge in [0.05, 0.1) is 45.2 Å². The molecule has 4 aromatic rings. The van der Waals surface area contributed by atoms with Crippen LogP contribution in [0.1, 0.15) is 18.9 Å². The fourth-order valence-corrected chi connectivity index (χ4v) is 7.69. The van der Waals surface area contributed by atoms with Gasteiger partial charge in [0.25, 0.3) is 0 Å². The molecule has 11 atom stereocenters. The van der Waals surface area contributed by atoms with E-state index in [2.05, 4.69) is 42.2 Å². The first-order valence-corrected chi connectivity index (χ1v) is 20.3. The summed E-state index contributed by atoms with van der Waals surface area (Å²) >= 11 is 8.84. The van der Waals surface area contributed by atoms with Gasteiger partial charge in [-0.2, -0.15) is 0 Å². The van der Waals surface area contributed by atoms with Crippen LogP contribution in [0.3, 0.4) is 0 Å². The van der Waals surface area contributed by atoms with Crippen LogP contribution >= 0.6 is 25.8 Å². The van der Waals surface area contributed by atoms with Crippen LogP contribution in [0.25, 0.3) is 22.3 Å². The fourth-order valence-electron chi connectivity index (χ4n) is 5.34. The number of aliphatic hydroxyl groups is 5. The van der Waals surface area contributed by atoms with Crippen molar-refractivity contribution in [2.45, 2.75) is 61.6 Å². The summed E-state index contributed by atoms with van der Waals surface area (Å²) in [4.78, 5) is 34.6. The van der Waals surface area contributed by atoms with E-state index in [-0.39, 0.29) is 41.5 Å². The summed E-state index contributed by atoms with van der Waals surface area (Å²) in [6, 6.07) is 0. The number of aromatic nitrogens is 8. The minimum atomic E-state index is -4.06. The van der Waals surface area contributed by atoms with Crippen molar-refractivity contribution in [1.29, 1.82) is 0 Å². The third-order valence-corrected chi connectivity index (χ3v) is 11.2. The number of rotatable bonds is 15. The molecule has 2 saturated heterocycles. The zero-order chi connectivity index (χ0) is 36.7. The molecule has 0 aliphatic carbocycles. The van der Waals surface area contributed by atoms with Gasteiger partial charge in [-0.25, -0.2) is 34.5 Å². The third kappa shape index (κ3) is 8.33. The number of thiol groups is 1. The normalized spacial score (nSPS) is 29.8. The highest BCUT2D eigenvalue weighted by Crippen LogP contribution is 2.53. The number of hydrogen-bond donors (Lipinski definition) is 9. The minimum absolute atomic E-state index is 0.0397. The first kappa shape index (κ1) is 38.2. The number of nitrogens with two attached hydrogens (primary N) is 2. The lowest BCUT2D eigenvalue weighted by Crippen LogP contribution is -2.33. The Balaban J connectivity index is 0.916. The predicted octanol–water partition coefficient (Wildman–Crippen LogP) is -1.86. The molecule has 4 aromatic heterocycles. The first-order chi connectivity index (χ1) is 24.2. The zero-order valence-corrected chi connectivity index (χ0v) is 29.6. The van der Waals surface area contributed by atoms with Gasteiger partial charge in [-0.05, 0) is 11.8 Å². The van der Waals surface area contributed by atoms with Crippen molar-refractivity contribution in [3.05, 3.63) is 25.3 Å². The first-order valence-electron chi connectivity index (χ1n) is 15.0. The average Bonchev–Trinajstić information content (AvgIpc) is 3.85. The second-order valence-corrected chi connectivity index (χ2v) is 17.1. The van der Waals surface area contributed by atoms with Gasteiger partial charge in [0.1, 0.15) is 60.3 Å². The summed E-state index contributed by atoms with van der Waals surface area (Å²) in [5.74, 6) is 0.236. The maximum atomic E-state index is 12.7. The molecule has 0 spiro atoms. The SMILES string of the molecule is Nc1ncnc2c1ncn2[C@@H]1O[C@H](CCOP(=O)(S)OC[C@H](O)COP(O)(=S)OC[C@H]2O[C@@H](n3cnc4c(N)ncnc43)[C@H](O)[C@@H]2O)[C@@H](O)[C@H]1O. The Morgan fingerprint density at radius 1 is 0.804 bits per heavy atom. The molecule has 51 heavy (non-hydrogen) atoms. The lowest BCUT2D eigenvalue weighted by atomic mass is 10.1. The molecule has 23 nitrogen and oxygen atoms in total. The molecule has 2 aliphatic heterocycles. The van der Waals surface area contributed by atoms with E-state index in [1.165, 1.54) is 34.4 Å². The van der Waals surface area contributed by atoms with Crippen molar-refractivity contribution in [3.63, 3.8) is 0 Å². The Morgan fingerprint density at radius 2 is 1.31 bits per heavy atom. The predicted molar refractivity (Wildman–Crippen MR) is 179 cm³/mol. The van der Waals surface area contributed by atoms with E-state index in [4.69, 9.17) is 50.8 Å². The van der Waals surface area contributed by atoms with E-state index in [0.717, 1.165) is 0 Å². The second-order valence-electron chi connectivity index (χ2n) is 11.4. The van der Waals surface area contributed by atoms with Crippen LogP contribution < -0.4 is 11.5 Å². The van der Waals surface area contributed by atoms with E-state index < -0.39 is 88.5 Å². The van der Waals surface area contributed by atoms with Gasteiger partial charge in [-0.15, -0.1) is 0 Å². The summed E-state index contributed by atoms with van der Waals surface area (Å²) in [5.41, 5.74) is 12.7. The van der Waals surface area contributed by atoms with Crippen LogP contribution in [0.5, 0.6) is 0 Å². The summed E-state index contributed by atoms with van der Waals surface area (Å²) in [7, 11) is 0. The second kappa shape index (κ2) is 15.4. The van der Waals surface area contributed by atoms with Crippen molar-refractivity contribution in [3.8, 4) is 0 Å². The monoisotopic (exact) mass is 796 g/mol. The number of anilines is 2. The highest BCUT2D eigenvalue weighted by molar-refractivity contribution is 8.44. The Kier molecular flexibility index (Phi) is 11.6. The van der Waals surface area contributed by atoms with Gasteiger partial charge >= 0.3 is 13.5 Å². The molecular formula is C24H34N10O13P2S2. The Morgan fingerprint density at radius 3 is 1.88 bits per heavy atom. The van der Waals surface area contributed by atoms with Crippen LogP contribution in [0, 0.1) is 0 Å². The van der Waals surface area contributed by atoms with Crippen LogP contribution in [0.2, 0.25) is 0 Å². The van der Waals surface area contributed by atoms with Crippen LogP contribution in [-0.4, -0.2) is 139 Å². The molecular weight excluding hydrogens is 762 g/mol. The van der Waals surface area contributed by atoms with Crippen molar-refractivity contribution in [2.24, 2.45) is 0 Å². The van der Waals surface area contributed by atoms with Crippen molar-refractivity contribution >= 4 is 71.5 Å². The highest BCUT2D eigenvalue weighted by atomic mass is 32.7. The van der Waals surface area contributed by atoms with Gasteiger partial charge in [-0.3, -0.25) is 13.7 Å². The van der Waals surface area contributed by atoms with E-state index in [1.54, 1.807) is 0 Å². The summed E-state index contributed by atoms with van der Waals surface area (Å²) in [6.07, 6.45) is -6.38. The van der Waals surface area contributed by atoms with Crippen LogP contribution in [0.4, 0.5) is 11.6 Å². The van der Waals surface area contributed by atoms with Crippen molar-refractivity contribution < 1.29 is 62.6 Å². The van der Waals surface area contributed by atoms with Gasteiger partial charge in [-0.1, -0.05) is 12.2 Å². The molecule has 0 radical (unpaired) electrons. The summed E-state index contributed by atoms with van der Waals surface area (Å²) in [5, 5.41) is 52.5. The molecule has 0 amide bonds. The van der Waals surface area contributed by atoms with E-state index in [0.29, 0.717) is 5.52 Å². The maximum absolute atomic E-state index is 12.7. The smallest absolute Gasteiger partial charge is 0.386 e. The van der Waals surface area contributed by atoms with E-state index >= 15 is 0 Å². The number of nitrogen functional groups attached to an aromatic ring is 2. The lowest BCUT2D eigenvalue weighted by molar-refractivity contribution is -0.0501. The molecule has 0 saturated carbocycles. The van der Waals surface area contributed by atoms with Gasteiger partial charge in [0, 0.05) is 6.42 Å². The molecule has 6 rings (SSSR count). The van der Waals surface area contributed by atoms with Crippen LogP contribution in [0.15, 0.2) is 25.3 Å². The average molecular weight is 797 g/mol. The highest BCUT2D eigenvalue weighted by Gasteiger charge is 2.46. The molecule has 2 aliphatic rings. The quantitative estimate of drug-likeness (QED) is 0.0470. The Bertz CT molecular complexity index is 1940. The van der Waals surface area contributed by atoms with Gasteiger partial charge in [0.15, 0.2) is 35.4 Å². The third-order valence-electron chi connectivity index (χ3n) is 7.92. The van der Waals surface area contributed by atoms with Crippen molar-refractivity contribution in [1.82, 2.24) is 39.0 Å². The number of aliphatic hydroxyl groups excluding tert-OH is 5. The number of imidazole rings is 2. The zero-order valence-electron chi connectivity index (χ0n) is 26.1. The molecule has 0 bridgehead atoms. The number of fused-ring (bicyclic) bond motifs is 2. The Hall–Kier alpha value is -2.55. The Labute approximate surface area is 297 Å². The standard InChI is InChI=1S/C24H34N10O13P2S2/c25-19-13-21(29-6-27-19)33(8-31-13)23-17(38)15(36)11(46-23)1-2-42-48(40,50)43-3-10(35)4-44-49(41,51)45-5-12-16(37)18(39)24(47-12)34-9-32-14-20(26)28-7-30-22(14)34/h6-12,15-18,23-24,35-39H,1-5H2,(H,40,50)(H,41,51)(H2,25,27,29)(H2,26,28,30)/t10-,11+,12+,15+,16+,17+,18+,23+,24+,48?,49?/m0/s1. The minimum Gasteiger partial charge on any atom is -0.388 e. The van der Waals surface area contributed by atoms with Gasteiger partial charge < -0.3 is 64.9 Å². The fraction of sp³-hybridized carbons (Fsp3) is 0.583. The molecule has 0 aromatic carbocycles. The summed E-state index contributed by atoms with van der Waals surface area (Å²) in [6.45, 7) is -10.1. The number of ether oxygens (including phenoxy) is 2. The largest absolute Gasteiger partial charge is 0.388 e. The van der Waals surface area contributed by atoms with E-state index in [9.17, 15) is 35.0 Å².